The molecule has 0 amide bonds. The number of benzene rings is 2. The molecule has 0 aliphatic rings. The van der Waals surface area contributed by atoms with E-state index < -0.39 is 11.9 Å². The lowest BCUT2D eigenvalue weighted by molar-refractivity contribution is -0.138. The Morgan fingerprint density at radius 1 is 0.783 bits per heavy atom. The van der Waals surface area contributed by atoms with Crippen LogP contribution in [0.3, 0.4) is 0 Å². The number of aliphatic carboxylic acids is 2. The third kappa shape index (κ3) is 3.34. The Labute approximate surface area is 132 Å². The Kier molecular flexibility index (Phi) is 4.02. The number of carboxylic acid groups (broad SMARTS) is 2. The fourth-order valence-electron chi connectivity index (χ4n) is 2.81. The summed E-state index contributed by atoms with van der Waals surface area (Å²) >= 11 is 0. The number of H-pyrrole nitrogens is 1. The predicted octanol–water partition coefficient (Wildman–Crippen LogP) is 3.36. The van der Waals surface area contributed by atoms with Crippen LogP contribution >= 0.6 is 0 Å². The second-order valence-electron chi connectivity index (χ2n) is 5.67. The van der Waals surface area contributed by atoms with Gasteiger partial charge in [-0.1, -0.05) is 12.1 Å². The quantitative estimate of drug-likeness (QED) is 0.651. The zero-order valence-electron chi connectivity index (χ0n) is 12.5. The highest BCUT2D eigenvalue weighted by molar-refractivity contribution is 6.07. The van der Waals surface area contributed by atoms with Gasteiger partial charge >= 0.3 is 11.9 Å². The fourth-order valence-corrected chi connectivity index (χ4v) is 2.81. The van der Waals surface area contributed by atoms with Gasteiger partial charge in [0, 0.05) is 34.6 Å². The van der Waals surface area contributed by atoms with Gasteiger partial charge in [-0.15, -0.1) is 0 Å². The molecule has 0 unspecified atom stereocenters. The number of hydrogen-bond donors (Lipinski definition) is 3. The van der Waals surface area contributed by atoms with E-state index in [4.69, 9.17) is 10.2 Å². The molecule has 0 bridgehead atoms. The van der Waals surface area contributed by atoms with Crippen LogP contribution in [0, 0.1) is 0 Å². The zero-order chi connectivity index (χ0) is 16.4. The minimum Gasteiger partial charge on any atom is -0.481 e. The molecular formula is C18H17NO4. The van der Waals surface area contributed by atoms with Crippen LogP contribution in [-0.4, -0.2) is 27.1 Å². The van der Waals surface area contributed by atoms with E-state index in [-0.39, 0.29) is 12.8 Å². The number of carbonyl (C=O) groups is 2. The van der Waals surface area contributed by atoms with Crippen molar-refractivity contribution < 1.29 is 19.8 Å². The van der Waals surface area contributed by atoms with Gasteiger partial charge in [0.25, 0.3) is 0 Å². The standard InChI is InChI=1S/C18H17NO4/c20-17(21)7-3-11-1-5-15-13(9-11)14-10-12(4-8-18(22)23)2-6-16(14)19-15/h1-2,5-6,9-10,19H,3-4,7-8H2,(H,20,21)(H,22,23). The second kappa shape index (κ2) is 6.12. The summed E-state index contributed by atoms with van der Waals surface area (Å²) in [4.78, 5) is 24.8. The SMILES string of the molecule is O=C(O)CCc1ccc2[nH]c3ccc(CCC(=O)O)cc3c2c1. The minimum atomic E-state index is -0.806. The molecule has 3 N–H and O–H groups in total. The Morgan fingerprint density at radius 3 is 1.61 bits per heavy atom. The number of hydrogen-bond acceptors (Lipinski definition) is 2. The first-order chi connectivity index (χ1) is 11.0. The first kappa shape index (κ1) is 15.1. The smallest absolute Gasteiger partial charge is 0.303 e. The molecule has 23 heavy (non-hydrogen) atoms. The van der Waals surface area contributed by atoms with E-state index in [1.807, 2.05) is 36.4 Å². The topological polar surface area (TPSA) is 90.4 Å². The van der Waals surface area contributed by atoms with E-state index in [0.717, 1.165) is 32.9 Å². The van der Waals surface area contributed by atoms with Gasteiger partial charge in [0.05, 0.1) is 0 Å². The van der Waals surface area contributed by atoms with Crippen molar-refractivity contribution >= 4 is 33.7 Å². The highest BCUT2D eigenvalue weighted by Crippen LogP contribution is 2.28. The summed E-state index contributed by atoms with van der Waals surface area (Å²) in [5.41, 5.74) is 3.96. The van der Waals surface area contributed by atoms with Gasteiger partial charge in [0.2, 0.25) is 0 Å². The van der Waals surface area contributed by atoms with Crippen LogP contribution in [-0.2, 0) is 22.4 Å². The number of rotatable bonds is 6. The average molecular weight is 311 g/mol. The summed E-state index contributed by atoms with van der Waals surface area (Å²) in [6, 6.07) is 11.8. The molecule has 0 radical (unpaired) electrons. The maximum absolute atomic E-state index is 10.7. The Morgan fingerprint density at radius 2 is 1.22 bits per heavy atom. The zero-order valence-corrected chi connectivity index (χ0v) is 12.5. The summed E-state index contributed by atoms with van der Waals surface area (Å²) in [6.07, 6.45) is 1.21. The Bertz CT molecular complexity index is 822. The molecule has 3 aromatic rings. The van der Waals surface area contributed by atoms with Crippen LogP contribution in [0.25, 0.3) is 21.8 Å². The van der Waals surface area contributed by atoms with Gasteiger partial charge in [0.1, 0.15) is 0 Å². The van der Waals surface area contributed by atoms with Crippen LogP contribution in [0.15, 0.2) is 36.4 Å². The summed E-state index contributed by atoms with van der Waals surface area (Å²) in [7, 11) is 0. The molecule has 0 spiro atoms. The van der Waals surface area contributed by atoms with E-state index in [0.29, 0.717) is 12.8 Å². The number of aromatic nitrogens is 1. The Balaban J connectivity index is 1.98. The van der Waals surface area contributed by atoms with E-state index >= 15 is 0 Å². The van der Waals surface area contributed by atoms with Crippen LogP contribution < -0.4 is 0 Å². The van der Waals surface area contributed by atoms with Crippen molar-refractivity contribution in [3.05, 3.63) is 47.5 Å². The molecule has 0 aliphatic heterocycles. The van der Waals surface area contributed by atoms with Crippen molar-refractivity contribution in [3.63, 3.8) is 0 Å². The van der Waals surface area contributed by atoms with Crippen molar-refractivity contribution in [2.45, 2.75) is 25.7 Å². The first-order valence-corrected chi connectivity index (χ1v) is 7.50. The monoisotopic (exact) mass is 311 g/mol. The van der Waals surface area contributed by atoms with Gasteiger partial charge < -0.3 is 15.2 Å². The molecular weight excluding hydrogens is 294 g/mol. The van der Waals surface area contributed by atoms with Crippen molar-refractivity contribution in [1.29, 1.82) is 0 Å². The van der Waals surface area contributed by atoms with Gasteiger partial charge in [-0.2, -0.15) is 0 Å². The van der Waals surface area contributed by atoms with Crippen molar-refractivity contribution in [2.75, 3.05) is 0 Å². The van der Waals surface area contributed by atoms with Crippen molar-refractivity contribution in [1.82, 2.24) is 4.98 Å². The molecule has 1 heterocycles. The molecule has 0 saturated heterocycles. The number of nitrogens with one attached hydrogen (secondary N) is 1. The lowest BCUT2D eigenvalue weighted by Crippen LogP contribution is -1.97. The predicted molar refractivity (Wildman–Crippen MR) is 87.7 cm³/mol. The van der Waals surface area contributed by atoms with Crippen LogP contribution in [0.5, 0.6) is 0 Å². The molecule has 3 rings (SSSR count). The maximum Gasteiger partial charge on any atom is 0.303 e. The third-order valence-electron chi connectivity index (χ3n) is 3.98. The number of aromatic amines is 1. The van der Waals surface area contributed by atoms with E-state index in [2.05, 4.69) is 4.98 Å². The summed E-state index contributed by atoms with van der Waals surface area (Å²) < 4.78 is 0. The summed E-state index contributed by atoms with van der Waals surface area (Å²) in [6.45, 7) is 0. The molecule has 2 aromatic carbocycles. The van der Waals surface area contributed by atoms with Crippen LogP contribution in [0.2, 0.25) is 0 Å². The first-order valence-electron chi connectivity index (χ1n) is 7.50. The molecule has 1 aromatic heterocycles. The van der Waals surface area contributed by atoms with Gasteiger partial charge in [0.15, 0.2) is 0 Å². The largest absolute Gasteiger partial charge is 0.481 e. The van der Waals surface area contributed by atoms with E-state index in [9.17, 15) is 9.59 Å². The second-order valence-corrected chi connectivity index (χ2v) is 5.67. The molecule has 0 atom stereocenters. The molecule has 5 heteroatoms. The lowest BCUT2D eigenvalue weighted by Gasteiger charge is -2.01. The van der Waals surface area contributed by atoms with Crippen molar-refractivity contribution in [2.24, 2.45) is 0 Å². The summed E-state index contributed by atoms with van der Waals surface area (Å²) in [5, 5.41) is 19.7. The van der Waals surface area contributed by atoms with Gasteiger partial charge in [-0.3, -0.25) is 9.59 Å². The number of carboxylic acids is 2. The third-order valence-corrected chi connectivity index (χ3v) is 3.98. The molecule has 118 valence electrons. The lowest BCUT2D eigenvalue weighted by atomic mass is 10.0. The summed E-state index contributed by atoms with van der Waals surface area (Å²) in [5.74, 6) is -1.61. The normalized spacial score (nSPS) is 11.1. The highest BCUT2D eigenvalue weighted by Gasteiger charge is 2.08. The van der Waals surface area contributed by atoms with Gasteiger partial charge in [-0.25, -0.2) is 0 Å². The van der Waals surface area contributed by atoms with Crippen LogP contribution in [0.1, 0.15) is 24.0 Å². The average Bonchev–Trinajstić information content (AvgIpc) is 2.88. The molecule has 0 aliphatic carbocycles. The van der Waals surface area contributed by atoms with E-state index in [1.54, 1.807) is 0 Å². The fraction of sp³-hybridized carbons (Fsp3) is 0.222. The highest BCUT2D eigenvalue weighted by atomic mass is 16.4. The minimum absolute atomic E-state index is 0.109. The van der Waals surface area contributed by atoms with E-state index in [1.165, 1.54) is 0 Å². The molecule has 0 saturated carbocycles. The maximum atomic E-state index is 10.7. The van der Waals surface area contributed by atoms with Crippen molar-refractivity contribution in [3.8, 4) is 0 Å². The molecule has 5 nitrogen and oxygen atoms in total. The molecule has 0 fully saturated rings. The van der Waals surface area contributed by atoms with Crippen LogP contribution in [0.4, 0.5) is 0 Å². The number of fused-ring (bicyclic) bond motifs is 3. The number of aryl methyl sites for hydroxylation is 2. The van der Waals surface area contributed by atoms with Gasteiger partial charge in [-0.05, 0) is 48.2 Å². The Hall–Kier alpha value is -2.82.